The standard InChI is InChI=1S/C25H37N5O6.2ClH/c31-23-5-4-22(24(32)28-23)30-18-20-19(25(30)33)2-1-3-21(20)27-8-12-34-14-16-36-17-15-35-13-11-29-9-6-26-7-10-29;;/h1-3,22,26-27H,4-18H2,(H,28,31,32);2*1H. The molecule has 0 aromatic heterocycles. The molecule has 3 heterocycles. The van der Waals surface area contributed by atoms with E-state index >= 15 is 0 Å². The Hall–Kier alpha value is -1.99. The summed E-state index contributed by atoms with van der Waals surface area (Å²) in [5.41, 5.74) is 2.31. The lowest BCUT2D eigenvalue weighted by Crippen LogP contribution is -2.52. The molecule has 38 heavy (non-hydrogen) atoms. The number of hydrogen-bond acceptors (Lipinski definition) is 9. The first-order valence-electron chi connectivity index (χ1n) is 12.8. The van der Waals surface area contributed by atoms with Gasteiger partial charge in [-0.2, -0.15) is 0 Å². The van der Waals surface area contributed by atoms with Gasteiger partial charge in [-0.25, -0.2) is 0 Å². The maximum Gasteiger partial charge on any atom is 0.255 e. The van der Waals surface area contributed by atoms with Crippen molar-refractivity contribution in [3.8, 4) is 0 Å². The number of carbonyl (C=O) groups excluding carboxylic acids is 3. The number of nitrogens with zero attached hydrogens (tertiary/aromatic N) is 2. The number of imide groups is 1. The van der Waals surface area contributed by atoms with Crippen molar-refractivity contribution in [3.63, 3.8) is 0 Å². The van der Waals surface area contributed by atoms with Gasteiger partial charge < -0.3 is 29.7 Å². The number of ether oxygens (including phenoxy) is 3. The lowest BCUT2D eigenvalue weighted by Gasteiger charge is -2.29. The Morgan fingerprint density at radius 3 is 2.32 bits per heavy atom. The molecular formula is C25H39Cl2N5O6. The number of carbonyl (C=O) groups is 3. The fourth-order valence-electron chi connectivity index (χ4n) is 4.68. The van der Waals surface area contributed by atoms with Gasteiger partial charge in [-0.3, -0.25) is 24.6 Å². The van der Waals surface area contributed by atoms with Gasteiger partial charge in [0.25, 0.3) is 5.91 Å². The van der Waals surface area contributed by atoms with Crippen LogP contribution in [0.3, 0.4) is 0 Å². The Labute approximate surface area is 236 Å². The number of benzene rings is 1. The second kappa shape index (κ2) is 16.9. The molecule has 3 N–H and O–H groups in total. The van der Waals surface area contributed by atoms with E-state index in [1.54, 1.807) is 11.0 Å². The number of rotatable bonds is 14. The zero-order valence-corrected chi connectivity index (χ0v) is 23.2. The van der Waals surface area contributed by atoms with E-state index in [0.29, 0.717) is 58.1 Å². The van der Waals surface area contributed by atoms with E-state index < -0.39 is 11.9 Å². The largest absolute Gasteiger partial charge is 0.382 e. The molecule has 214 valence electrons. The van der Waals surface area contributed by atoms with Crippen LogP contribution in [0.25, 0.3) is 0 Å². The van der Waals surface area contributed by atoms with Crippen molar-refractivity contribution in [1.82, 2.24) is 20.4 Å². The number of piperazine rings is 1. The van der Waals surface area contributed by atoms with Gasteiger partial charge >= 0.3 is 0 Å². The number of halogens is 2. The van der Waals surface area contributed by atoms with Gasteiger partial charge in [0, 0.05) is 69.0 Å². The predicted octanol–water partition coefficient (Wildman–Crippen LogP) is 0.658. The molecule has 1 aromatic carbocycles. The average molecular weight is 577 g/mol. The third-order valence-electron chi connectivity index (χ3n) is 6.65. The molecule has 4 rings (SSSR count). The van der Waals surface area contributed by atoms with Crippen LogP contribution in [-0.4, -0.2) is 112 Å². The second-order valence-electron chi connectivity index (χ2n) is 9.09. The first-order chi connectivity index (χ1) is 17.6. The van der Waals surface area contributed by atoms with Crippen molar-refractivity contribution in [2.75, 3.05) is 84.2 Å². The van der Waals surface area contributed by atoms with E-state index in [4.69, 9.17) is 14.2 Å². The van der Waals surface area contributed by atoms with Gasteiger partial charge in [0.2, 0.25) is 11.8 Å². The van der Waals surface area contributed by atoms with Crippen LogP contribution in [0.2, 0.25) is 0 Å². The van der Waals surface area contributed by atoms with Crippen LogP contribution in [0.5, 0.6) is 0 Å². The maximum atomic E-state index is 12.9. The van der Waals surface area contributed by atoms with Crippen LogP contribution in [0.1, 0.15) is 28.8 Å². The van der Waals surface area contributed by atoms with Crippen molar-refractivity contribution in [2.45, 2.75) is 25.4 Å². The predicted molar refractivity (Wildman–Crippen MR) is 147 cm³/mol. The molecule has 2 fully saturated rings. The number of piperidine rings is 1. The summed E-state index contributed by atoms with van der Waals surface area (Å²) < 4.78 is 16.8. The molecule has 1 unspecified atom stereocenters. The third kappa shape index (κ3) is 9.04. The SMILES string of the molecule is Cl.Cl.O=C1CCC(N2Cc3c(NCCOCCOCCOCCN4CCNCC4)cccc3C2=O)C(=O)N1. The van der Waals surface area contributed by atoms with E-state index in [2.05, 4.69) is 20.9 Å². The molecule has 1 aromatic rings. The Bertz CT molecular complexity index is 918. The second-order valence-corrected chi connectivity index (χ2v) is 9.09. The monoisotopic (exact) mass is 575 g/mol. The summed E-state index contributed by atoms with van der Waals surface area (Å²) >= 11 is 0. The van der Waals surface area contributed by atoms with E-state index in [1.165, 1.54) is 0 Å². The molecule has 13 heteroatoms. The Kier molecular flexibility index (Phi) is 14.3. The highest BCUT2D eigenvalue weighted by molar-refractivity contribution is 6.06. The van der Waals surface area contributed by atoms with Crippen LogP contribution in [-0.2, 0) is 30.3 Å². The fraction of sp³-hybridized carbons (Fsp3) is 0.640. The highest BCUT2D eigenvalue weighted by Gasteiger charge is 2.39. The molecule has 0 bridgehead atoms. The molecule has 0 radical (unpaired) electrons. The quantitative estimate of drug-likeness (QED) is 0.217. The summed E-state index contributed by atoms with van der Waals surface area (Å²) in [6, 6.07) is 4.91. The zero-order chi connectivity index (χ0) is 25.2. The molecule has 2 saturated heterocycles. The number of amides is 3. The van der Waals surface area contributed by atoms with Crippen LogP contribution in [0.15, 0.2) is 18.2 Å². The number of hydrogen-bond donors (Lipinski definition) is 3. The molecule has 0 aliphatic carbocycles. The smallest absolute Gasteiger partial charge is 0.255 e. The van der Waals surface area contributed by atoms with E-state index in [0.717, 1.165) is 50.6 Å². The summed E-state index contributed by atoms with van der Waals surface area (Å²) in [6.07, 6.45) is 0.596. The minimum atomic E-state index is -0.614. The minimum absolute atomic E-state index is 0. The van der Waals surface area contributed by atoms with Gasteiger partial charge in [0.1, 0.15) is 6.04 Å². The lowest BCUT2D eigenvalue weighted by molar-refractivity contribution is -0.136. The minimum Gasteiger partial charge on any atom is -0.382 e. The molecule has 3 amide bonds. The van der Waals surface area contributed by atoms with Crippen molar-refractivity contribution in [2.24, 2.45) is 0 Å². The summed E-state index contributed by atoms with van der Waals surface area (Å²) in [5.74, 6) is -0.869. The van der Waals surface area contributed by atoms with E-state index in [1.807, 2.05) is 12.1 Å². The van der Waals surface area contributed by atoms with Crippen molar-refractivity contribution in [1.29, 1.82) is 0 Å². The van der Waals surface area contributed by atoms with Crippen molar-refractivity contribution in [3.05, 3.63) is 29.3 Å². The summed E-state index contributed by atoms with van der Waals surface area (Å²) in [6.45, 7) is 9.52. The molecule has 0 spiro atoms. The Morgan fingerprint density at radius 2 is 1.61 bits per heavy atom. The summed E-state index contributed by atoms with van der Waals surface area (Å²) in [4.78, 5) is 40.5. The summed E-state index contributed by atoms with van der Waals surface area (Å²) in [5, 5.41) is 9.00. The molecule has 0 saturated carbocycles. The van der Waals surface area contributed by atoms with Crippen LogP contribution >= 0.6 is 24.8 Å². The van der Waals surface area contributed by atoms with E-state index in [-0.39, 0.29) is 43.0 Å². The number of fused-ring (bicyclic) bond motifs is 1. The van der Waals surface area contributed by atoms with Crippen LogP contribution in [0, 0.1) is 0 Å². The third-order valence-corrected chi connectivity index (χ3v) is 6.65. The van der Waals surface area contributed by atoms with Gasteiger partial charge in [-0.1, -0.05) is 6.07 Å². The van der Waals surface area contributed by atoms with Gasteiger partial charge in [0.15, 0.2) is 0 Å². The molecule has 3 aliphatic heterocycles. The highest BCUT2D eigenvalue weighted by Crippen LogP contribution is 2.32. The molecule has 1 atom stereocenters. The van der Waals surface area contributed by atoms with Gasteiger partial charge in [-0.05, 0) is 18.6 Å². The topological polar surface area (TPSA) is 121 Å². The Morgan fingerprint density at radius 1 is 0.921 bits per heavy atom. The number of nitrogens with one attached hydrogen (secondary N) is 3. The fourth-order valence-corrected chi connectivity index (χ4v) is 4.68. The van der Waals surface area contributed by atoms with Crippen molar-refractivity contribution >= 4 is 48.2 Å². The maximum absolute atomic E-state index is 12.9. The van der Waals surface area contributed by atoms with Gasteiger partial charge in [0.05, 0.1) is 39.6 Å². The molecular weight excluding hydrogens is 537 g/mol. The normalized spacial score (nSPS) is 19.4. The average Bonchev–Trinajstić information content (AvgIpc) is 3.22. The van der Waals surface area contributed by atoms with Gasteiger partial charge in [-0.15, -0.1) is 24.8 Å². The van der Waals surface area contributed by atoms with Crippen molar-refractivity contribution < 1.29 is 28.6 Å². The Balaban J connectivity index is 0.00000253. The van der Waals surface area contributed by atoms with Crippen LogP contribution < -0.4 is 16.0 Å². The van der Waals surface area contributed by atoms with Crippen LogP contribution in [0.4, 0.5) is 5.69 Å². The first-order valence-corrected chi connectivity index (χ1v) is 12.8. The molecule has 11 nitrogen and oxygen atoms in total. The molecule has 3 aliphatic rings. The highest BCUT2D eigenvalue weighted by atomic mass is 35.5. The zero-order valence-electron chi connectivity index (χ0n) is 21.6. The first kappa shape index (κ1) is 32.2. The summed E-state index contributed by atoms with van der Waals surface area (Å²) in [7, 11) is 0. The lowest BCUT2D eigenvalue weighted by atomic mass is 10.0. The number of anilines is 1. The van der Waals surface area contributed by atoms with E-state index in [9.17, 15) is 14.4 Å².